The molecule has 0 fully saturated rings. The average Bonchev–Trinajstić information content (AvgIpc) is 1.82. The van der Waals surface area contributed by atoms with Crippen LogP contribution in [0.1, 0.15) is 34.6 Å². The van der Waals surface area contributed by atoms with Gasteiger partial charge in [0, 0.05) is 5.92 Å². The summed E-state index contributed by atoms with van der Waals surface area (Å²) < 4.78 is 0. The number of aliphatic hydroxyl groups is 1. The molecule has 0 saturated heterocycles. The Morgan fingerprint density at radius 3 is 1.73 bits per heavy atom. The summed E-state index contributed by atoms with van der Waals surface area (Å²) in [7, 11) is 0. The highest BCUT2D eigenvalue weighted by Gasteiger charge is 2.29. The lowest BCUT2D eigenvalue weighted by Gasteiger charge is -2.25. The molecule has 0 aromatic rings. The Hall–Kier alpha value is -0.370. The van der Waals surface area contributed by atoms with Crippen molar-refractivity contribution in [2.45, 2.75) is 40.7 Å². The van der Waals surface area contributed by atoms with E-state index >= 15 is 0 Å². The number of hydrogen-bond acceptors (Lipinski definition) is 2. The molecule has 0 radical (unpaired) electrons. The van der Waals surface area contributed by atoms with Gasteiger partial charge < -0.3 is 5.11 Å². The molecule has 1 atom stereocenters. The topological polar surface area (TPSA) is 37.3 Å². The van der Waals surface area contributed by atoms with E-state index in [1.54, 1.807) is 13.8 Å². The Morgan fingerprint density at radius 2 is 1.64 bits per heavy atom. The van der Waals surface area contributed by atoms with Crippen molar-refractivity contribution in [3.8, 4) is 0 Å². The maximum absolute atomic E-state index is 11.2. The monoisotopic (exact) mass is 158 g/mol. The van der Waals surface area contributed by atoms with Gasteiger partial charge in [-0.1, -0.05) is 34.6 Å². The van der Waals surface area contributed by atoms with Crippen LogP contribution >= 0.6 is 0 Å². The second-order valence-electron chi connectivity index (χ2n) is 4.33. The van der Waals surface area contributed by atoms with Gasteiger partial charge in [-0.25, -0.2) is 0 Å². The fraction of sp³-hybridized carbons (Fsp3) is 0.889. The van der Waals surface area contributed by atoms with Crippen molar-refractivity contribution in [2.75, 3.05) is 0 Å². The zero-order valence-electron chi connectivity index (χ0n) is 8.01. The number of rotatable bonds is 2. The van der Waals surface area contributed by atoms with Crippen LogP contribution in [0.2, 0.25) is 0 Å². The average molecular weight is 158 g/mol. The van der Waals surface area contributed by atoms with E-state index in [1.165, 1.54) is 0 Å². The van der Waals surface area contributed by atoms with Crippen LogP contribution in [0.15, 0.2) is 0 Å². The molecular weight excluding hydrogens is 140 g/mol. The van der Waals surface area contributed by atoms with Crippen molar-refractivity contribution >= 4 is 5.78 Å². The number of aliphatic hydroxyl groups excluding tert-OH is 1. The molecule has 0 amide bonds. The van der Waals surface area contributed by atoms with Gasteiger partial charge in [0.05, 0.1) is 0 Å². The van der Waals surface area contributed by atoms with E-state index in [0.717, 1.165) is 0 Å². The lowest BCUT2D eigenvalue weighted by atomic mass is 9.83. The standard InChI is InChI=1S/C9H18O2/c1-6(2)7(10)8(11)9(3,4)5/h6,8,11H,1-5H3/t8-/m1/s1. The summed E-state index contributed by atoms with van der Waals surface area (Å²) in [4.78, 5) is 11.2. The van der Waals surface area contributed by atoms with Crippen molar-refractivity contribution in [1.82, 2.24) is 0 Å². The fourth-order valence-corrected chi connectivity index (χ4v) is 0.743. The molecule has 0 aliphatic carbocycles. The first kappa shape index (κ1) is 10.6. The zero-order valence-corrected chi connectivity index (χ0v) is 8.01. The number of carbonyl (C=O) groups excluding carboxylic acids is 1. The Balaban J connectivity index is 4.26. The Labute approximate surface area is 68.6 Å². The Morgan fingerprint density at radius 1 is 1.27 bits per heavy atom. The van der Waals surface area contributed by atoms with Crippen LogP contribution in [0.3, 0.4) is 0 Å². The van der Waals surface area contributed by atoms with E-state index in [2.05, 4.69) is 0 Å². The third kappa shape index (κ3) is 3.02. The molecule has 0 bridgehead atoms. The molecule has 0 saturated carbocycles. The minimum atomic E-state index is -0.831. The van der Waals surface area contributed by atoms with Gasteiger partial charge in [0.1, 0.15) is 6.10 Å². The summed E-state index contributed by atoms with van der Waals surface area (Å²) in [5.74, 6) is -0.151. The highest BCUT2D eigenvalue weighted by molar-refractivity contribution is 5.85. The first-order valence-electron chi connectivity index (χ1n) is 3.98. The van der Waals surface area contributed by atoms with Crippen LogP contribution in [-0.2, 0) is 4.79 Å². The molecule has 66 valence electrons. The highest BCUT2D eigenvalue weighted by Crippen LogP contribution is 2.21. The molecule has 0 aromatic carbocycles. The van der Waals surface area contributed by atoms with Crippen molar-refractivity contribution in [1.29, 1.82) is 0 Å². The van der Waals surface area contributed by atoms with Crippen LogP contribution < -0.4 is 0 Å². The van der Waals surface area contributed by atoms with Crippen molar-refractivity contribution in [3.63, 3.8) is 0 Å². The maximum Gasteiger partial charge on any atom is 0.164 e. The lowest BCUT2D eigenvalue weighted by molar-refractivity contribution is -0.135. The third-order valence-electron chi connectivity index (χ3n) is 1.66. The van der Waals surface area contributed by atoms with Gasteiger partial charge in [0.15, 0.2) is 5.78 Å². The molecule has 0 rings (SSSR count). The molecule has 1 N–H and O–H groups in total. The molecule has 0 aromatic heterocycles. The van der Waals surface area contributed by atoms with Gasteiger partial charge in [-0.15, -0.1) is 0 Å². The summed E-state index contributed by atoms with van der Waals surface area (Å²) >= 11 is 0. The number of carbonyl (C=O) groups is 1. The van der Waals surface area contributed by atoms with Crippen LogP contribution in [0.25, 0.3) is 0 Å². The van der Waals surface area contributed by atoms with Crippen molar-refractivity contribution in [2.24, 2.45) is 11.3 Å². The third-order valence-corrected chi connectivity index (χ3v) is 1.66. The molecule has 0 unspecified atom stereocenters. The van der Waals surface area contributed by atoms with Crippen molar-refractivity contribution in [3.05, 3.63) is 0 Å². The molecule has 0 aliphatic rings. The second kappa shape index (κ2) is 3.35. The SMILES string of the molecule is CC(C)C(=O)[C@@H](O)C(C)(C)C. The van der Waals surface area contributed by atoms with E-state index in [9.17, 15) is 9.90 Å². The van der Waals surface area contributed by atoms with Crippen molar-refractivity contribution < 1.29 is 9.90 Å². The first-order chi connectivity index (χ1) is 4.76. The van der Waals surface area contributed by atoms with Crippen LogP contribution in [-0.4, -0.2) is 17.0 Å². The van der Waals surface area contributed by atoms with Gasteiger partial charge in [-0.05, 0) is 5.41 Å². The largest absolute Gasteiger partial charge is 0.385 e. The lowest BCUT2D eigenvalue weighted by Crippen LogP contribution is -2.36. The molecule has 0 aliphatic heterocycles. The molecular formula is C9H18O2. The summed E-state index contributed by atoms with van der Waals surface area (Å²) in [5.41, 5.74) is -0.332. The summed E-state index contributed by atoms with van der Waals surface area (Å²) in [6.45, 7) is 9.18. The maximum atomic E-state index is 11.2. The Bertz CT molecular complexity index is 142. The normalized spacial score (nSPS) is 15.2. The molecule has 11 heavy (non-hydrogen) atoms. The molecule has 2 nitrogen and oxygen atoms in total. The number of hydrogen-bond donors (Lipinski definition) is 1. The van der Waals surface area contributed by atoms with Gasteiger partial charge in [-0.3, -0.25) is 4.79 Å². The quantitative estimate of drug-likeness (QED) is 0.663. The number of ketones is 1. The first-order valence-corrected chi connectivity index (χ1v) is 3.98. The molecule has 0 heterocycles. The summed E-state index contributed by atoms with van der Waals surface area (Å²) in [6.07, 6.45) is -0.831. The van der Waals surface area contributed by atoms with Gasteiger partial charge in [0.25, 0.3) is 0 Å². The minimum absolute atomic E-state index is 0.0718. The van der Waals surface area contributed by atoms with E-state index in [-0.39, 0.29) is 17.1 Å². The highest BCUT2D eigenvalue weighted by atomic mass is 16.3. The predicted octanol–water partition coefficient (Wildman–Crippen LogP) is 1.62. The van der Waals surface area contributed by atoms with E-state index in [4.69, 9.17) is 0 Å². The smallest absolute Gasteiger partial charge is 0.164 e. The van der Waals surface area contributed by atoms with Gasteiger partial charge in [0.2, 0.25) is 0 Å². The van der Waals surface area contributed by atoms with Gasteiger partial charge >= 0.3 is 0 Å². The van der Waals surface area contributed by atoms with Crippen LogP contribution in [0.5, 0.6) is 0 Å². The Kier molecular flexibility index (Phi) is 3.24. The van der Waals surface area contributed by atoms with Crippen LogP contribution in [0.4, 0.5) is 0 Å². The predicted molar refractivity (Wildman–Crippen MR) is 45.3 cm³/mol. The molecule has 0 spiro atoms. The fourth-order valence-electron chi connectivity index (χ4n) is 0.743. The second-order valence-corrected chi connectivity index (χ2v) is 4.33. The van der Waals surface area contributed by atoms with E-state index in [1.807, 2.05) is 20.8 Å². The minimum Gasteiger partial charge on any atom is -0.385 e. The number of Topliss-reactive ketones (excluding diaryl/α,β-unsaturated/α-hetero) is 1. The summed E-state index contributed by atoms with van der Waals surface area (Å²) in [5, 5.41) is 9.48. The van der Waals surface area contributed by atoms with Crippen LogP contribution in [0, 0.1) is 11.3 Å². The van der Waals surface area contributed by atoms with E-state index < -0.39 is 6.10 Å². The summed E-state index contributed by atoms with van der Waals surface area (Å²) in [6, 6.07) is 0. The van der Waals surface area contributed by atoms with Gasteiger partial charge in [-0.2, -0.15) is 0 Å². The zero-order chi connectivity index (χ0) is 9.23. The van der Waals surface area contributed by atoms with E-state index in [0.29, 0.717) is 0 Å². The molecule has 2 heteroatoms.